The van der Waals surface area contributed by atoms with Crippen molar-refractivity contribution in [3.63, 3.8) is 0 Å². The Balaban J connectivity index is 2.28. The van der Waals surface area contributed by atoms with Gasteiger partial charge >= 0.3 is 0 Å². The zero-order valence-corrected chi connectivity index (χ0v) is 10.9. The summed E-state index contributed by atoms with van der Waals surface area (Å²) in [6, 6.07) is 8.49. The van der Waals surface area contributed by atoms with Gasteiger partial charge in [0.1, 0.15) is 5.75 Å². The summed E-state index contributed by atoms with van der Waals surface area (Å²) in [6.07, 6.45) is 4.05. The van der Waals surface area contributed by atoms with Gasteiger partial charge in [0, 0.05) is 12.5 Å². The molecule has 1 unspecified atom stereocenters. The number of aryl methyl sites for hydroxylation is 1. The van der Waals surface area contributed by atoms with Gasteiger partial charge < -0.3 is 10.1 Å². The van der Waals surface area contributed by atoms with Crippen LogP contribution in [0.1, 0.15) is 25.3 Å². The number of hydrogen-bond acceptors (Lipinski definition) is 2. The van der Waals surface area contributed by atoms with Crippen LogP contribution in [0.4, 0.5) is 0 Å². The largest absolute Gasteiger partial charge is 0.494 e. The summed E-state index contributed by atoms with van der Waals surface area (Å²) >= 11 is 0. The Morgan fingerprint density at radius 2 is 2.29 bits per heavy atom. The molecule has 0 heterocycles. The van der Waals surface area contributed by atoms with Crippen LogP contribution in [0.15, 0.2) is 36.9 Å². The summed E-state index contributed by atoms with van der Waals surface area (Å²) in [5.74, 6) is 0.948. The fourth-order valence-corrected chi connectivity index (χ4v) is 1.64. The Kier molecular flexibility index (Phi) is 6.41. The fraction of sp³-hybridized carbons (Fsp3) is 0.467. The van der Waals surface area contributed by atoms with Crippen LogP contribution in [0.5, 0.6) is 5.75 Å². The molecule has 0 saturated carbocycles. The molecule has 0 aromatic heterocycles. The summed E-state index contributed by atoms with van der Waals surface area (Å²) in [6.45, 7) is 9.82. The van der Waals surface area contributed by atoms with Crippen molar-refractivity contribution in [2.24, 2.45) is 0 Å². The average Bonchev–Trinajstić information content (AvgIpc) is 2.33. The van der Waals surface area contributed by atoms with E-state index in [1.165, 1.54) is 5.56 Å². The maximum Gasteiger partial charge on any atom is 0.119 e. The van der Waals surface area contributed by atoms with Crippen LogP contribution < -0.4 is 10.1 Å². The maximum absolute atomic E-state index is 5.71. The van der Waals surface area contributed by atoms with Gasteiger partial charge in [0.05, 0.1) is 6.61 Å². The van der Waals surface area contributed by atoms with Gasteiger partial charge in [-0.1, -0.05) is 25.1 Å². The third kappa shape index (κ3) is 5.55. The quantitative estimate of drug-likeness (QED) is 0.695. The molecular formula is C15H23NO. The van der Waals surface area contributed by atoms with E-state index in [9.17, 15) is 0 Å². The molecule has 0 saturated heterocycles. The van der Waals surface area contributed by atoms with E-state index >= 15 is 0 Å². The van der Waals surface area contributed by atoms with Gasteiger partial charge in [0.2, 0.25) is 0 Å². The first kappa shape index (κ1) is 13.8. The molecule has 0 aliphatic carbocycles. The Morgan fingerprint density at radius 3 is 2.94 bits per heavy atom. The molecule has 1 atom stereocenters. The highest BCUT2D eigenvalue weighted by Gasteiger charge is 2.02. The highest BCUT2D eigenvalue weighted by atomic mass is 16.5. The minimum atomic E-state index is 0.347. The summed E-state index contributed by atoms with van der Waals surface area (Å²) in [7, 11) is 0. The van der Waals surface area contributed by atoms with Crippen molar-refractivity contribution in [2.45, 2.75) is 32.7 Å². The van der Waals surface area contributed by atoms with Gasteiger partial charge in [0.25, 0.3) is 0 Å². The topological polar surface area (TPSA) is 21.3 Å². The molecule has 0 aliphatic heterocycles. The van der Waals surface area contributed by atoms with Crippen molar-refractivity contribution in [2.75, 3.05) is 13.2 Å². The first-order valence-electron chi connectivity index (χ1n) is 6.31. The van der Waals surface area contributed by atoms with Crippen molar-refractivity contribution in [1.82, 2.24) is 5.32 Å². The SMILES string of the molecule is C=CC(CCOc1cccc(C)c1)NCCC. The van der Waals surface area contributed by atoms with Crippen molar-refractivity contribution in [3.8, 4) is 5.75 Å². The van der Waals surface area contributed by atoms with Gasteiger partial charge in [-0.3, -0.25) is 0 Å². The average molecular weight is 233 g/mol. The van der Waals surface area contributed by atoms with E-state index in [1.807, 2.05) is 18.2 Å². The molecule has 0 aliphatic rings. The normalized spacial score (nSPS) is 12.1. The smallest absolute Gasteiger partial charge is 0.119 e. The van der Waals surface area contributed by atoms with E-state index < -0.39 is 0 Å². The molecule has 0 amide bonds. The van der Waals surface area contributed by atoms with Gasteiger partial charge in [-0.15, -0.1) is 6.58 Å². The molecule has 2 heteroatoms. The Bertz CT molecular complexity index is 335. The third-order valence-electron chi connectivity index (χ3n) is 2.63. The van der Waals surface area contributed by atoms with Gasteiger partial charge in [-0.2, -0.15) is 0 Å². The third-order valence-corrected chi connectivity index (χ3v) is 2.63. The molecule has 1 rings (SSSR count). The van der Waals surface area contributed by atoms with Gasteiger partial charge in [0.15, 0.2) is 0 Å². The van der Waals surface area contributed by atoms with Crippen LogP contribution in [0.25, 0.3) is 0 Å². The van der Waals surface area contributed by atoms with Gasteiger partial charge in [-0.05, 0) is 37.6 Å². The van der Waals surface area contributed by atoms with E-state index in [0.717, 1.165) is 31.7 Å². The molecule has 1 aromatic rings. The minimum Gasteiger partial charge on any atom is -0.494 e. The lowest BCUT2D eigenvalue weighted by Crippen LogP contribution is -2.29. The summed E-state index contributed by atoms with van der Waals surface area (Å²) in [5.41, 5.74) is 1.23. The lowest BCUT2D eigenvalue weighted by Gasteiger charge is -2.14. The summed E-state index contributed by atoms with van der Waals surface area (Å²) in [4.78, 5) is 0. The van der Waals surface area contributed by atoms with E-state index in [4.69, 9.17) is 4.74 Å². The number of benzene rings is 1. The molecule has 0 fully saturated rings. The number of ether oxygens (including phenoxy) is 1. The molecule has 0 bridgehead atoms. The van der Waals surface area contributed by atoms with E-state index in [2.05, 4.69) is 37.9 Å². The number of nitrogens with one attached hydrogen (secondary N) is 1. The van der Waals surface area contributed by atoms with Crippen LogP contribution >= 0.6 is 0 Å². The molecule has 0 radical (unpaired) electrons. The zero-order chi connectivity index (χ0) is 12.5. The monoisotopic (exact) mass is 233 g/mol. The molecule has 2 nitrogen and oxygen atoms in total. The molecule has 17 heavy (non-hydrogen) atoms. The molecule has 0 spiro atoms. The number of rotatable bonds is 8. The van der Waals surface area contributed by atoms with Crippen molar-refractivity contribution < 1.29 is 4.74 Å². The second-order valence-electron chi connectivity index (χ2n) is 4.25. The summed E-state index contributed by atoms with van der Waals surface area (Å²) < 4.78 is 5.71. The lowest BCUT2D eigenvalue weighted by atomic mass is 10.2. The van der Waals surface area contributed by atoms with Crippen LogP contribution in [0, 0.1) is 6.92 Å². The van der Waals surface area contributed by atoms with Crippen molar-refractivity contribution >= 4 is 0 Å². The van der Waals surface area contributed by atoms with Crippen molar-refractivity contribution in [1.29, 1.82) is 0 Å². The predicted molar refractivity (Wildman–Crippen MR) is 73.6 cm³/mol. The first-order chi connectivity index (χ1) is 8.26. The molecular weight excluding hydrogens is 210 g/mol. The van der Waals surface area contributed by atoms with Gasteiger partial charge in [-0.25, -0.2) is 0 Å². The lowest BCUT2D eigenvalue weighted by molar-refractivity contribution is 0.296. The maximum atomic E-state index is 5.71. The van der Waals surface area contributed by atoms with Crippen LogP contribution in [0.2, 0.25) is 0 Å². The van der Waals surface area contributed by atoms with Crippen LogP contribution in [0.3, 0.4) is 0 Å². The first-order valence-corrected chi connectivity index (χ1v) is 6.31. The van der Waals surface area contributed by atoms with Crippen LogP contribution in [-0.4, -0.2) is 19.2 Å². The standard InChI is InChI=1S/C15H23NO/c1-4-10-16-14(5-2)9-11-17-15-8-6-7-13(3)12-15/h5-8,12,14,16H,2,4,9-11H2,1,3H3. The highest BCUT2D eigenvalue weighted by Crippen LogP contribution is 2.12. The second kappa shape index (κ2) is 7.91. The van der Waals surface area contributed by atoms with Crippen molar-refractivity contribution in [3.05, 3.63) is 42.5 Å². The number of hydrogen-bond donors (Lipinski definition) is 1. The Hall–Kier alpha value is -1.28. The zero-order valence-electron chi connectivity index (χ0n) is 10.9. The molecule has 1 aromatic carbocycles. The predicted octanol–water partition coefficient (Wildman–Crippen LogP) is 3.32. The Morgan fingerprint density at radius 1 is 1.47 bits per heavy atom. The summed E-state index contributed by atoms with van der Waals surface area (Å²) in [5, 5.41) is 3.42. The minimum absolute atomic E-state index is 0.347. The molecule has 94 valence electrons. The van der Waals surface area contributed by atoms with E-state index in [1.54, 1.807) is 0 Å². The fourth-order valence-electron chi connectivity index (χ4n) is 1.64. The van der Waals surface area contributed by atoms with Crippen LogP contribution in [-0.2, 0) is 0 Å². The van der Waals surface area contributed by atoms with E-state index in [0.29, 0.717) is 6.04 Å². The van der Waals surface area contributed by atoms with E-state index in [-0.39, 0.29) is 0 Å². The molecule has 1 N–H and O–H groups in total. The Labute approximate surface area is 105 Å². The highest BCUT2D eigenvalue weighted by molar-refractivity contribution is 5.27. The second-order valence-corrected chi connectivity index (χ2v) is 4.25.